The molecule has 2 atom stereocenters. The molecule has 1 heterocycles. The van der Waals surface area contributed by atoms with E-state index in [9.17, 15) is 13.2 Å². The van der Waals surface area contributed by atoms with Crippen LogP contribution in [0.5, 0.6) is 0 Å². The standard InChI is InChI=1S/C23H26N4O3S/c1-23(2,24-22(28)20-14-17(20)13-16-7-5-4-6-8-16)21-15-27(26-25-21)18-9-11-19(12-10-18)31(3,29)30/h4-12,15,17,20H,13-14H2,1-3H3,(H,24,28). The average Bonchev–Trinajstić information content (AvgIpc) is 3.30. The number of carbonyl (C=O) groups is 1. The topological polar surface area (TPSA) is 94.0 Å². The Morgan fingerprint density at radius 3 is 2.45 bits per heavy atom. The van der Waals surface area contributed by atoms with Crippen LogP contribution in [0.1, 0.15) is 31.5 Å². The van der Waals surface area contributed by atoms with Crippen molar-refractivity contribution in [3.8, 4) is 5.69 Å². The first kappa shape index (κ1) is 21.2. The van der Waals surface area contributed by atoms with Gasteiger partial charge in [0.15, 0.2) is 9.84 Å². The first-order valence-electron chi connectivity index (χ1n) is 10.2. The van der Waals surface area contributed by atoms with Crippen molar-refractivity contribution in [1.82, 2.24) is 20.3 Å². The molecule has 7 nitrogen and oxygen atoms in total. The molecule has 0 aliphatic heterocycles. The highest BCUT2D eigenvalue weighted by molar-refractivity contribution is 7.90. The van der Waals surface area contributed by atoms with E-state index in [1.165, 1.54) is 11.8 Å². The van der Waals surface area contributed by atoms with Gasteiger partial charge in [0.25, 0.3) is 0 Å². The minimum absolute atomic E-state index is 0.0260. The lowest BCUT2D eigenvalue weighted by Crippen LogP contribution is -2.42. The van der Waals surface area contributed by atoms with Crippen molar-refractivity contribution in [3.05, 3.63) is 72.1 Å². The Hall–Kier alpha value is -3.00. The van der Waals surface area contributed by atoms with Crippen LogP contribution in [0.25, 0.3) is 5.69 Å². The van der Waals surface area contributed by atoms with E-state index in [-0.39, 0.29) is 16.7 Å². The molecule has 2 aromatic carbocycles. The molecule has 1 aliphatic carbocycles. The van der Waals surface area contributed by atoms with E-state index in [0.29, 0.717) is 17.3 Å². The number of rotatable bonds is 7. The molecule has 1 fully saturated rings. The van der Waals surface area contributed by atoms with Gasteiger partial charge in [-0.15, -0.1) is 5.10 Å². The van der Waals surface area contributed by atoms with Gasteiger partial charge < -0.3 is 5.32 Å². The monoisotopic (exact) mass is 438 g/mol. The summed E-state index contributed by atoms with van der Waals surface area (Å²) in [7, 11) is -3.25. The Labute approximate surface area is 182 Å². The minimum Gasteiger partial charge on any atom is -0.345 e. The van der Waals surface area contributed by atoms with Crippen molar-refractivity contribution in [2.24, 2.45) is 11.8 Å². The number of carbonyl (C=O) groups excluding carboxylic acids is 1. The molecule has 2 unspecified atom stereocenters. The molecule has 0 spiro atoms. The summed E-state index contributed by atoms with van der Waals surface area (Å²) in [5, 5.41) is 11.5. The Morgan fingerprint density at radius 2 is 1.81 bits per heavy atom. The fourth-order valence-electron chi connectivity index (χ4n) is 3.70. The second kappa shape index (κ2) is 7.92. The summed E-state index contributed by atoms with van der Waals surface area (Å²) in [4.78, 5) is 13.0. The first-order valence-corrected chi connectivity index (χ1v) is 12.1. The third kappa shape index (κ3) is 4.85. The lowest BCUT2D eigenvalue weighted by Gasteiger charge is -2.23. The van der Waals surface area contributed by atoms with E-state index in [4.69, 9.17) is 0 Å². The van der Waals surface area contributed by atoms with Gasteiger partial charge in [0.05, 0.1) is 22.3 Å². The molecular formula is C23H26N4O3S. The van der Waals surface area contributed by atoms with Gasteiger partial charge in [-0.05, 0) is 62.4 Å². The van der Waals surface area contributed by atoms with Crippen LogP contribution in [0.4, 0.5) is 0 Å². The van der Waals surface area contributed by atoms with E-state index >= 15 is 0 Å². The number of nitrogens with zero attached hydrogens (tertiary/aromatic N) is 3. The van der Waals surface area contributed by atoms with Crippen LogP contribution in [0, 0.1) is 11.8 Å². The van der Waals surface area contributed by atoms with Gasteiger partial charge in [-0.2, -0.15) is 0 Å². The summed E-state index contributed by atoms with van der Waals surface area (Å²) in [5.74, 6) is 0.443. The molecule has 3 aromatic rings. The summed E-state index contributed by atoms with van der Waals surface area (Å²) in [6.07, 6.45) is 4.74. The molecule has 1 aromatic heterocycles. The van der Waals surface area contributed by atoms with Gasteiger partial charge >= 0.3 is 0 Å². The molecule has 0 radical (unpaired) electrons. The molecule has 162 valence electrons. The van der Waals surface area contributed by atoms with Crippen LogP contribution >= 0.6 is 0 Å². The zero-order valence-corrected chi connectivity index (χ0v) is 18.6. The smallest absolute Gasteiger partial charge is 0.224 e. The third-order valence-electron chi connectivity index (χ3n) is 5.70. The van der Waals surface area contributed by atoms with E-state index in [2.05, 4.69) is 27.8 Å². The molecule has 31 heavy (non-hydrogen) atoms. The number of hydrogen-bond acceptors (Lipinski definition) is 5. The quantitative estimate of drug-likeness (QED) is 0.612. The molecule has 0 bridgehead atoms. The van der Waals surface area contributed by atoms with Gasteiger partial charge in [-0.3, -0.25) is 4.79 Å². The van der Waals surface area contributed by atoms with Gasteiger partial charge in [0.1, 0.15) is 5.69 Å². The molecule has 8 heteroatoms. The molecule has 1 saturated carbocycles. The molecule has 1 aliphatic rings. The van der Waals surface area contributed by atoms with Crippen molar-refractivity contribution in [1.29, 1.82) is 0 Å². The SMILES string of the molecule is CC(C)(NC(=O)C1CC1Cc1ccccc1)c1cn(-c2ccc(S(C)(=O)=O)cc2)nn1. The largest absolute Gasteiger partial charge is 0.345 e. The molecule has 0 saturated heterocycles. The second-order valence-electron chi connectivity index (χ2n) is 8.72. The highest BCUT2D eigenvalue weighted by Gasteiger charge is 2.44. The van der Waals surface area contributed by atoms with Crippen molar-refractivity contribution < 1.29 is 13.2 Å². The van der Waals surface area contributed by atoms with E-state index in [1.807, 2.05) is 32.0 Å². The predicted molar refractivity (Wildman–Crippen MR) is 117 cm³/mol. The van der Waals surface area contributed by atoms with E-state index in [0.717, 1.165) is 12.8 Å². The van der Waals surface area contributed by atoms with Crippen LogP contribution in [0.15, 0.2) is 65.7 Å². The van der Waals surface area contributed by atoms with Crippen LogP contribution in [0.2, 0.25) is 0 Å². The van der Waals surface area contributed by atoms with Gasteiger partial charge in [0.2, 0.25) is 5.91 Å². The highest BCUT2D eigenvalue weighted by Crippen LogP contribution is 2.41. The lowest BCUT2D eigenvalue weighted by atomic mass is 10.0. The van der Waals surface area contributed by atoms with E-state index in [1.54, 1.807) is 35.1 Å². The lowest BCUT2D eigenvalue weighted by molar-refractivity contribution is -0.124. The minimum atomic E-state index is -3.25. The van der Waals surface area contributed by atoms with Crippen molar-refractivity contribution >= 4 is 15.7 Å². The van der Waals surface area contributed by atoms with Crippen molar-refractivity contribution in [2.45, 2.75) is 37.1 Å². The van der Waals surface area contributed by atoms with Crippen molar-refractivity contribution in [2.75, 3.05) is 6.26 Å². The number of amides is 1. The molecule has 4 rings (SSSR count). The fourth-order valence-corrected chi connectivity index (χ4v) is 4.33. The Morgan fingerprint density at radius 1 is 1.13 bits per heavy atom. The number of benzene rings is 2. The Balaban J connectivity index is 1.40. The third-order valence-corrected chi connectivity index (χ3v) is 6.83. The Bertz CT molecular complexity index is 1190. The van der Waals surface area contributed by atoms with Crippen LogP contribution in [-0.2, 0) is 26.6 Å². The van der Waals surface area contributed by atoms with Crippen LogP contribution in [0.3, 0.4) is 0 Å². The average molecular weight is 439 g/mol. The zero-order chi connectivity index (χ0) is 22.2. The predicted octanol–water partition coefficient (Wildman–Crippen LogP) is 2.90. The number of hydrogen-bond donors (Lipinski definition) is 1. The molecule has 1 N–H and O–H groups in total. The zero-order valence-electron chi connectivity index (χ0n) is 17.8. The molecular weight excluding hydrogens is 412 g/mol. The number of aromatic nitrogens is 3. The maximum Gasteiger partial charge on any atom is 0.224 e. The normalized spacial score (nSPS) is 18.5. The van der Waals surface area contributed by atoms with Crippen molar-refractivity contribution in [3.63, 3.8) is 0 Å². The summed E-state index contributed by atoms with van der Waals surface area (Å²) in [6, 6.07) is 16.7. The van der Waals surface area contributed by atoms with Crippen LogP contribution < -0.4 is 5.32 Å². The maximum absolute atomic E-state index is 12.8. The fraction of sp³-hybridized carbons (Fsp3) is 0.348. The second-order valence-corrected chi connectivity index (χ2v) is 10.7. The summed E-state index contributed by atoms with van der Waals surface area (Å²) in [6.45, 7) is 3.81. The number of sulfone groups is 1. The van der Waals surface area contributed by atoms with E-state index < -0.39 is 15.4 Å². The number of nitrogens with one attached hydrogen (secondary N) is 1. The summed E-state index contributed by atoms with van der Waals surface area (Å²) < 4.78 is 24.8. The summed E-state index contributed by atoms with van der Waals surface area (Å²) >= 11 is 0. The van der Waals surface area contributed by atoms with Gasteiger partial charge in [-0.25, -0.2) is 13.1 Å². The first-order chi connectivity index (χ1) is 14.6. The summed E-state index contributed by atoms with van der Waals surface area (Å²) in [5.41, 5.74) is 1.90. The highest BCUT2D eigenvalue weighted by atomic mass is 32.2. The van der Waals surface area contributed by atoms with Crippen LogP contribution in [-0.4, -0.2) is 35.6 Å². The maximum atomic E-state index is 12.8. The Kier molecular flexibility index (Phi) is 5.43. The molecule has 1 amide bonds. The van der Waals surface area contributed by atoms with Gasteiger partial charge in [0, 0.05) is 12.2 Å². The van der Waals surface area contributed by atoms with Gasteiger partial charge in [-0.1, -0.05) is 35.5 Å².